The van der Waals surface area contributed by atoms with Gasteiger partial charge in [-0.3, -0.25) is 9.59 Å². The SMILES string of the molecule is O=C(O)C(=O)[C@@H]1CCc2c(ccc3ccccc23)C1=O. The fraction of sp³-hybridized carbons (Fsp3) is 0.188. The minimum absolute atomic E-state index is 0.269. The average molecular weight is 268 g/mol. The third-order valence-electron chi connectivity index (χ3n) is 3.83. The van der Waals surface area contributed by atoms with Gasteiger partial charge in [0.05, 0.1) is 5.92 Å². The molecule has 0 saturated heterocycles. The van der Waals surface area contributed by atoms with Crippen LogP contribution in [0.3, 0.4) is 0 Å². The number of fused-ring (bicyclic) bond motifs is 3. The molecule has 3 rings (SSSR count). The number of hydrogen-bond donors (Lipinski definition) is 1. The van der Waals surface area contributed by atoms with Crippen LogP contribution in [0.15, 0.2) is 36.4 Å². The van der Waals surface area contributed by atoms with Gasteiger partial charge >= 0.3 is 5.97 Å². The molecule has 0 saturated carbocycles. The summed E-state index contributed by atoms with van der Waals surface area (Å²) in [6.07, 6.45) is 0.817. The van der Waals surface area contributed by atoms with Crippen LogP contribution in [0.4, 0.5) is 0 Å². The fourth-order valence-electron chi connectivity index (χ4n) is 2.84. The molecule has 0 heterocycles. The van der Waals surface area contributed by atoms with Gasteiger partial charge in [0.2, 0.25) is 0 Å². The maximum absolute atomic E-state index is 12.3. The molecule has 1 aliphatic carbocycles. The highest BCUT2D eigenvalue weighted by atomic mass is 16.4. The largest absolute Gasteiger partial charge is 0.475 e. The van der Waals surface area contributed by atoms with Gasteiger partial charge in [0, 0.05) is 5.56 Å². The zero-order valence-corrected chi connectivity index (χ0v) is 10.6. The lowest BCUT2D eigenvalue weighted by atomic mass is 9.79. The first-order chi connectivity index (χ1) is 9.59. The highest BCUT2D eigenvalue weighted by molar-refractivity contribution is 6.39. The van der Waals surface area contributed by atoms with Crippen molar-refractivity contribution in [3.05, 3.63) is 47.5 Å². The van der Waals surface area contributed by atoms with Crippen LogP contribution >= 0.6 is 0 Å². The quantitative estimate of drug-likeness (QED) is 0.669. The molecule has 1 N–H and O–H groups in total. The summed E-state index contributed by atoms with van der Waals surface area (Å²) in [5.41, 5.74) is 1.40. The Morgan fingerprint density at radius 3 is 2.60 bits per heavy atom. The molecule has 0 bridgehead atoms. The number of carboxylic acids is 1. The monoisotopic (exact) mass is 268 g/mol. The maximum atomic E-state index is 12.3. The molecule has 0 aliphatic heterocycles. The van der Waals surface area contributed by atoms with Gasteiger partial charge in [-0.1, -0.05) is 36.4 Å². The molecule has 4 nitrogen and oxygen atoms in total. The van der Waals surface area contributed by atoms with Crippen molar-refractivity contribution >= 4 is 28.3 Å². The molecule has 2 aromatic carbocycles. The number of benzene rings is 2. The second-order valence-corrected chi connectivity index (χ2v) is 4.94. The molecule has 0 fully saturated rings. The van der Waals surface area contributed by atoms with Crippen LogP contribution in [0.2, 0.25) is 0 Å². The maximum Gasteiger partial charge on any atom is 0.372 e. The molecule has 2 aromatic rings. The fourth-order valence-corrected chi connectivity index (χ4v) is 2.84. The standard InChI is InChI=1S/C16H12O4/c17-14-12-6-5-9-3-1-2-4-10(9)11(12)7-8-13(14)15(18)16(19)20/h1-6,13H,7-8H2,(H,19,20)/t13-/m1/s1. The van der Waals surface area contributed by atoms with E-state index < -0.39 is 17.7 Å². The smallest absolute Gasteiger partial charge is 0.372 e. The lowest BCUT2D eigenvalue weighted by Crippen LogP contribution is -2.33. The van der Waals surface area contributed by atoms with E-state index in [-0.39, 0.29) is 12.2 Å². The second kappa shape index (κ2) is 4.56. The summed E-state index contributed by atoms with van der Waals surface area (Å²) < 4.78 is 0. The van der Waals surface area contributed by atoms with Crippen molar-refractivity contribution in [2.24, 2.45) is 5.92 Å². The number of carbonyl (C=O) groups excluding carboxylic acids is 2. The normalized spacial score (nSPS) is 17.8. The summed E-state index contributed by atoms with van der Waals surface area (Å²) in [6.45, 7) is 0. The highest BCUT2D eigenvalue weighted by Gasteiger charge is 2.36. The van der Waals surface area contributed by atoms with Gasteiger partial charge in [0.15, 0.2) is 5.78 Å². The number of carbonyl (C=O) groups is 3. The molecule has 4 heteroatoms. The zero-order chi connectivity index (χ0) is 14.3. The van der Waals surface area contributed by atoms with Gasteiger partial charge in [-0.15, -0.1) is 0 Å². The first kappa shape index (κ1) is 12.5. The van der Waals surface area contributed by atoms with Crippen LogP contribution in [-0.2, 0) is 16.0 Å². The number of Topliss-reactive ketones (excluding diaryl/α,β-unsaturated/α-hetero) is 2. The van der Waals surface area contributed by atoms with E-state index in [9.17, 15) is 14.4 Å². The lowest BCUT2D eigenvalue weighted by molar-refractivity contribution is -0.150. The van der Waals surface area contributed by atoms with Crippen molar-refractivity contribution in [3.63, 3.8) is 0 Å². The van der Waals surface area contributed by atoms with Crippen LogP contribution in [0.1, 0.15) is 22.3 Å². The predicted octanol–water partition coefficient (Wildman–Crippen LogP) is 2.24. The Bertz CT molecular complexity index is 745. The van der Waals surface area contributed by atoms with Gasteiger partial charge in [0.25, 0.3) is 5.78 Å². The lowest BCUT2D eigenvalue weighted by Gasteiger charge is -2.22. The second-order valence-electron chi connectivity index (χ2n) is 4.94. The van der Waals surface area contributed by atoms with E-state index >= 15 is 0 Å². The molecule has 1 atom stereocenters. The average Bonchev–Trinajstić information content (AvgIpc) is 2.46. The van der Waals surface area contributed by atoms with Gasteiger partial charge in [0.1, 0.15) is 0 Å². The Morgan fingerprint density at radius 1 is 1.10 bits per heavy atom. The number of rotatable bonds is 2. The molecular weight excluding hydrogens is 256 g/mol. The summed E-state index contributed by atoms with van der Waals surface area (Å²) in [5.74, 6) is -3.95. The Labute approximate surface area is 115 Å². The summed E-state index contributed by atoms with van der Waals surface area (Å²) in [4.78, 5) is 34.7. The number of aliphatic carboxylic acids is 1. The molecule has 0 radical (unpaired) electrons. The topological polar surface area (TPSA) is 71.4 Å². The zero-order valence-electron chi connectivity index (χ0n) is 10.6. The third-order valence-corrected chi connectivity index (χ3v) is 3.83. The number of hydrogen-bond acceptors (Lipinski definition) is 3. The Balaban J connectivity index is 2.11. The molecule has 0 aromatic heterocycles. The van der Waals surface area contributed by atoms with Gasteiger partial charge in [-0.25, -0.2) is 4.79 Å². The summed E-state index contributed by atoms with van der Waals surface area (Å²) in [7, 11) is 0. The van der Waals surface area contributed by atoms with E-state index in [0.717, 1.165) is 16.3 Å². The summed E-state index contributed by atoms with van der Waals surface area (Å²) in [5, 5.41) is 10.8. The van der Waals surface area contributed by atoms with E-state index in [2.05, 4.69) is 0 Å². The van der Waals surface area contributed by atoms with E-state index in [0.29, 0.717) is 12.0 Å². The molecule has 1 aliphatic rings. The van der Waals surface area contributed by atoms with E-state index in [1.807, 2.05) is 30.3 Å². The molecule has 100 valence electrons. The minimum Gasteiger partial charge on any atom is -0.475 e. The third kappa shape index (κ3) is 1.81. The number of carboxylic acid groups (broad SMARTS) is 1. The van der Waals surface area contributed by atoms with Crippen molar-refractivity contribution in [3.8, 4) is 0 Å². The molecule has 20 heavy (non-hydrogen) atoms. The van der Waals surface area contributed by atoms with Crippen molar-refractivity contribution in [2.45, 2.75) is 12.8 Å². The van der Waals surface area contributed by atoms with Crippen molar-refractivity contribution < 1.29 is 19.5 Å². The summed E-state index contributed by atoms with van der Waals surface area (Å²) in [6, 6.07) is 11.3. The van der Waals surface area contributed by atoms with Gasteiger partial charge < -0.3 is 5.11 Å². The highest BCUT2D eigenvalue weighted by Crippen LogP contribution is 2.31. The predicted molar refractivity (Wildman–Crippen MR) is 72.7 cm³/mol. The Kier molecular flexibility index (Phi) is 2.86. The van der Waals surface area contributed by atoms with Crippen LogP contribution in [0.5, 0.6) is 0 Å². The van der Waals surface area contributed by atoms with Crippen molar-refractivity contribution in [1.82, 2.24) is 0 Å². The first-order valence-corrected chi connectivity index (χ1v) is 6.41. The molecular formula is C16H12O4. The molecule has 0 amide bonds. The molecule has 0 spiro atoms. The first-order valence-electron chi connectivity index (χ1n) is 6.41. The van der Waals surface area contributed by atoms with Gasteiger partial charge in [-0.05, 0) is 29.2 Å². The molecule has 0 unspecified atom stereocenters. The Morgan fingerprint density at radius 2 is 1.85 bits per heavy atom. The van der Waals surface area contributed by atoms with E-state index in [4.69, 9.17) is 5.11 Å². The Hall–Kier alpha value is -2.49. The van der Waals surface area contributed by atoms with Crippen LogP contribution in [0, 0.1) is 5.92 Å². The van der Waals surface area contributed by atoms with Crippen molar-refractivity contribution in [1.29, 1.82) is 0 Å². The van der Waals surface area contributed by atoms with Crippen molar-refractivity contribution in [2.75, 3.05) is 0 Å². The minimum atomic E-state index is -1.53. The van der Waals surface area contributed by atoms with Crippen LogP contribution in [-0.4, -0.2) is 22.6 Å². The summed E-state index contributed by atoms with van der Waals surface area (Å²) >= 11 is 0. The van der Waals surface area contributed by atoms with E-state index in [1.54, 1.807) is 6.07 Å². The van der Waals surface area contributed by atoms with Gasteiger partial charge in [-0.2, -0.15) is 0 Å². The number of aryl methyl sites for hydroxylation is 1. The van der Waals surface area contributed by atoms with Crippen LogP contribution in [0.25, 0.3) is 10.8 Å². The van der Waals surface area contributed by atoms with Crippen LogP contribution < -0.4 is 0 Å². The number of ketones is 2. The van der Waals surface area contributed by atoms with E-state index in [1.165, 1.54) is 0 Å².